The van der Waals surface area contributed by atoms with Gasteiger partial charge in [0.2, 0.25) is 11.5 Å². The van der Waals surface area contributed by atoms with Crippen molar-refractivity contribution in [1.82, 2.24) is 15.8 Å². The van der Waals surface area contributed by atoms with E-state index in [1.165, 1.54) is 0 Å². The second-order valence-corrected chi connectivity index (χ2v) is 3.13. The van der Waals surface area contributed by atoms with Gasteiger partial charge < -0.3 is 5.73 Å². The van der Waals surface area contributed by atoms with Gasteiger partial charge in [-0.05, 0) is 16.2 Å². The van der Waals surface area contributed by atoms with Crippen LogP contribution in [-0.2, 0) is 4.84 Å². The molecule has 0 radical (unpaired) electrons. The molecule has 0 fully saturated rings. The molecule has 1 aromatic heterocycles. The Kier molecular flexibility index (Phi) is 3.41. The quantitative estimate of drug-likeness (QED) is 0.661. The molecule has 1 aromatic rings. The Bertz CT molecular complexity index is 310. The molecule has 0 saturated heterocycles. The zero-order chi connectivity index (χ0) is 10.6. The summed E-state index contributed by atoms with van der Waals surface area (Å²) >= 11 is 0. The minimum atomic E-state index is -0.565. The van der Waals surface area contributed by atoms with Gasteiger partial charge in [0, 0.05) is 0 Å². The highest BCUT2D eigenvalue weighted by molar-refractivity contribution is 5.95. The van der Waals surface area contributed by atoms with Crippen LogP contribution in [0.1, 0.15) is 24.3 Å². The molecule has 0 saturated carbocycles. The van der Waals surface area contributed by atoms with Crippen LogP contribution in [0.4, 0.5) is 5.82 Å². The van der Waals surface area contributed by atoms with Crippen molar-refractivity contribution < 1.29 is 14.3 Å². The predicted octanol–water partition coefficient (Wildman–Crippen LogP) is -0.0308. The molecule has 7 nitrogen and oxygen atoms in total. The maximum atomic E-state index is 11.2. The van der Waals surface area contributed by atoms with Crippen LogP contribution in [0.25, 0.3) is 0 Å². The number of amides is 1. The summed E-state index contributed by atoms with van der Waals surface area (Å²) in [6.45, 7) is 4.33. The van der Waals surface area contributed by atoms with Gasteiger partial charge in [0.25, 0.3) is 0 Å². The second-order valence-electron chi connectivity index (χ2n) is 3.13. The Morgan fingerprint density at radius 3 is 2.86 bits per heavy atom. The fraction of sp³-hybridized carbons (Fsp3) is 0.571. The van der Waals surface area contributed by atoms with E-state index in [-0.39, 0.29) is 11.5 Å². The third kappa shape index (κ3) is 2.70. The highest BCUT2D eigenvalue weighted by Crippen LogP contribution is 2.03. The van der Waals surface area contributed by atoms with Crippen LogP contribution in [-0.4, -0.2) is 22.8 Å². The molecule has 7 heteroatoms. The maximum Gasteiger partial charge on any atom is 0.300 e. The Labute approximate surface area is 80.5 Å². The third-order valence-electron chi connectivity index (χ3n) is 1.31. The van der Waals surface area contributed by atoms with Gasteiger partial charge in [-0.25, -0.2) is 10.1 Å². The maximum absolute atomic E-state index is 11.2. The van der Waals surface area contributed by atoms with Gasteiger partial charge in [-0.15, -0.1) is 0 Å². The fourth-order valence-electron chi connectivity index (χ4n) is 0.675. The van der Waals surface area contributed by atoms with Crippen LogP contribution < -0.4 is 11.2 Å². The molecule has 0 aliphatic carbocycles. The zero-order valence-corrected chi connectivity index (χ0v) is 7.98. The highest BCUT2D eigenvalue weighted by Gasteiger charge is 2.15. The van der Waals surface area contributed by atoms with Crippen molar-refractivity contribution in [2.75, 3.05) is 12.3 Å². The van der Waals surface area contributed by atoms with Gasteiger partial charge in [-0.1, -0.05) is 13.8 Å². The van der Waals surface area contributed by atoms with Crippen molar-refractivity contribution >= 4 is 11.7 Å². The number of hydrogen-bond acceptors (Lipinski definition) is 6. The number of hydroxylamine groups is 1. The van der Waals surface area contributed by atoms with Crippen molar-refractivity contribution in [3.05, 3.63) is 5.69 Å². The second kappa shape index (κ2) is 4.56. The number of hydrogen-bond donors (Lipinski definition) is 2. The molecular weight excluding hydrogens is 188 g/mol. The number of carbonyl (C=O) groups is 1. The van der Waals surface area contributed by atoms with Gasteiger partial charge in [0.05, 0.1) is 6.61 Å². The molecule has 1 amide bonds. The van der Waals surface area contributed by atoms with Crippen molar-refractivity contribution in [3.63, 3.8) is 0 Å². The van der Waals surface area contributed by atoms with Crippen molar-refractivity contribution in [3.8, 4) is 0 Å². The molecule has 0 spiro atoms. The number of nitrogen functional groups attached to an aromatic ring is 1. The van der Waals surface area contributed by atoms with E-state index in [2.05, 4.69) is 20.4 Å². The van der Waals surface area contributed by atoms with Crippen LogP contribution in [0, 0.1) is 5.92 Å². The molecule has 0 aliphatic rings. The Balaban J connectivity index is 2.40. The minimum Gasteiger partial charge on any atom is -0.379 e. The van der Waals surface area contributed by atoms with Gasteiger partial charge in [0.1, 0.15) is 0 Å². The zero-order valence-electron chi connectivity index (χ0n) is 7.98. The largest absolute Gasteiger partial charge is 0.379 e. The molecule has 0 bridgehead atoms. The first-order chi connectivity index (χ1) is 6.61. The lowest BCUT2D eigenvalue weighted by molar-refractivity contribution is 0.0202. The van der Waals surface area contributed by atoms with E-state index >= 15 is 0 Å². The van der Waals surface area contributed by atoms with E-state index in [0.717, 1.165) is 0 Å². The normalized spacial score (nSPS) is 10.5. The van der Waals surface area contributed by atoms with E-state index in [1.54, 1.807) is 0 Å². The monoisotopic (exact) mass is 200 g/mol. The molecule has 0 aromatic carbocycles. The lowest BCUT2D eigenvalue weighted by Crippen LogP contribution is -2.26. The smallest absolute Gasteiger partial charge is 0.300 e. The van der Waals surface area contributed by atoms with Crippen LogP contribution in [0.15, 0.2) is 4.63 Å². The summed E-state index contributed by atoms with van der Waals surface area (Å²) in [4.78, 5) is 16.1. The van der Waals surface area contributed by atoms with E-state index in [1.807, 2.05) is 13.8 Å². The number of carbonyl (C=O) groups excluding carboxylic acids is 1. The van der Waals surface area contributed by atoms with Crippen LogP contribution >= 0.6 is 0 Å². The summed E-state index contributed by atoms with van der Waals surface area (Å²) in [5, 5.41) is 6.57. The molecule has 78 valence electrons. The Hall–Kier alpha value is -1.63. The molecule has 14 heavy (non-hydrogen) atoms. The molecule has 0 unspecified atom stereocenters. The molecule has 3 N–H and O–H groups in total. The van der Waals surface area contributed by atoms with Crippen molar-refractivity contribution in [2.45, 2.75) is 13.8 Å². The van der Waals surface area contributed by atoms with Crippen molar-refractivity contribution in [2.24, 2.45) is 5.92 Å². The lowest BCUT2D eigenvalue weighted by atomic mass is 10.2. The summed E-state index contributed by atoms with van der Waals surface area (Å²) in [7, 11) is 0. The number of nitrogens with zero attached hydrogens (tertiary/aromatic N) is 2. The Morgan fingerprint density at radius 2 is 2.36 bits per heavy atom. The summed E-state index contributed by atoms with van der Waals surface area (Å²) < 4.78 is 4.25. The first-order valence-electron chi connectivity index (χ1n) is 4.11. The average Bonchev–Trinajstić information content (AvgIpc) is 2.50. The topological polar surface area (TPSA) is 103 Å². The number of aromatic nitrogens is 2. The Morgan fingerprint density at radius 1 is 1.64 bits per heavy atom. The molecule has 1 rings (SSSR count). The first kappa shape index (κ1) is 10.5. The molecule has 1 heterocycles. The molecule has 0 aliphatic heterocycles. The summed E-state index contributed by atoms with van der Waals surface area (Å²) in [6.07, 6.45) is 0. The van der Waals surface area contributed by atoms with Gasteiger partial charge in [0.15, 0.2) is 0 Å². The molecule has 0 atom stereocenters. The summed E-state index contributed by atoms with van der Waals surface area (Å²) in [6, 6.07) is 0. The number of rotatable bonds is 4. The first-order valence-corrected chi connectivity index (χ1v) is 4.11. The molecular formula is C7H12N4O3. The summed E-state index contributed by atoms with van der Waals surface area (Å²) in [5.74, 6) is -0.303. The number of anilines is 1. The number of nitrogens with two attached hydrogens (primary N) is 1. The fourth-order valence-corrected chi connectivity index (χ4v) is 0.675. The summed E-state index contributed by atoms with van der Waals surface area (Å²) in [5.41, 5.74) is 7.39. The minimum absolute atomic E-state index is 0.0596. The van der Waals surface area contributed by atoms with Crippen LogP contribution in [0.3, 0.4) is 0 Å². The lowest BCUT2D eigenvalue weighted by Gasteiger charge is -2.05. The SMILES string of the molecule is CC(C)CONC(=O)c1nonc1N. The standard InChI is InChI=1S/C7H12N4O3/c1-4(2)3-13-11-7(12)5-6(8)10-14-9-5/h4H,3H2,1-2H3,(H2,8,10)(H,11,12). The highest BCUT2D eigenvalue weighted by atomic mass is 16.7. The van der Waals surface area contributed by atoms with E-state index in [4.69, 9.17) is 10.6 Å². The van der Waals surface area contributed by atoms with E-state index < -0.39 is 5.91 Å². The average molecular weight is 200 g/mol. The number of nitrogens with one attached hydrogen (secondary N) is 1. The van der Waals surface area contributed by atoms with Crippen LogP contribution in [0.2, 0.25) is 0 Å². The van der Waals surface area contributed by atoms with Gasteiger partial charge in [-0.2, -0.15) is 0 Å². The van der Waals surface area contributed by atoms with E-state index in [9.17, 15) is 4.79 Å². The van der Waals surface area contributed by atoms with E-state index in [0.29, 0.717) is 12.5 Å². The third-order valence-corrected chi connectivity index (χ3v) is 1.31. The predicted molar refractivity (Wildman–Crippen MR) is 47.0 cm³/mol. The van der Waals surface area contributed by atoms with Gasteiger partial charge >= 0.3 is 5.91 Å². The van der Waals surface area contributed by atoms with Crippen molar-refractivity contribution in [1.29, 1.82) is 0 Å². The van der Waals surface area contributed by atoms with Crippen LogP contribution in [0.5, 0.6) is 0 Å². The van der Waals surface area contributed by atoms with Gasteiger partial charge in [-0.3, -0.25) is 9.63 Å².